The molecule has 1 N–H and O–H groups in total. The summed E-state index contributed by atoms with van der Waals surface area (Å²) in [6.07, 6.45) is 2.09. The van der Waals surface area contributed by atoms with Gasteiger partial charge in [0.15, 0.2) is 6.10 Å². The lowest BCUT2D eigenvalue weighted by Gasteiger charge is -2.18. The number of hydrogen-bond donors (Lipinski definition) is 1. The maximum atomic E-state index is 12.4. The molecular formula is C24H33NO2. The summed E-state index contributed by atoms with van der Waals surface area (Å²) in [6.45, 7) is 11.1. The van der Waals surface area contributed by atoms with Gasteiger partial charge in [0.05, 0.1) is 0 Å². The molecule has 27 heavy (non-hydrogen) atoms. The Hall–Kier alpha value is -2.29. The standard InChI is InChI=1S/C24H33NO2/c1-6-23(27-22-15-18(4)14-19(5)16-22)24(26)25-13-7-8-20-9-11-21(12-10-20)17(2)3/h9-12,14-17,23H,6-8,13H2,1-5H3,(H,25,26)/t23-/m0/s1. The van der Waals surface area contributed by atoms with Crippen molar-refractivity contribution in [3.8, 4) is 5.75 Å². The molecule has 146 valence electrons. The minimum Gasteiger partial charge on any atom is -0.481 e. The molecule has 0 unspecified atom stereocenters. The van der Waals surface area contributed by atoms with Crippen LogP contribution < -0.4 is 10.1 Å². The van der Waals surface area contributed by atoms with Gasteiger partial charge in [-0.3, -0.25) is 4.79 Å². The molecular weight excluding hydrogens is 334 g/mol. The lowest BCUT2D eigenvalue weighted by molar-refractivity contribution is -0.128. The molecule has 0 aliphatic heterocycles. The van der Waals surface area contributed by atoms with E-state index in [1.807, 2.05) is 32.9 Å². The van der Waals surface area contributed by atoms with E-state index < -0.39 is 6.10 Å². The molecule has 0 fully saturated rings. The van der Waals surface area contributed by atoms with E-state index in [1.165, 1.54) is 11.1 Å². The van der Waals surface area contributed by atoms with Crippen molar-refractivity contribution in [3.05, 3.63) is 64.7 Å². The van der Waals surface area contributed by atoms with E-state index in [0.717, 1.165) is 29.7 Å². The van der Waals surface area contributed by atoms with Crippen LogP contribution >= 0.6 is 0 Å². The average molecular weight is 368 g/mol. The van der Waals surface area contributed by atoms with E-state index >= 15 is 0 Å². The maximum absolute atomic E-state index is 12.4. The number of ether oxygens (including phenoxy) is 1. The van der Waals surface area contributed by atoms with Crippen molar-refractivity contribution in [1.82, 2.24) is 5.32 Å². The highest BCUT2D eigenvalue weighted by molar-refractivity contribution is 5.81. The van der Waals surface area contributed by atoms with Gasteiger partial charge in [-0.15, -0.1) is 0 Å². The molecule has 2 rings (SSSR count). The first-order valence-corrected chi connectivity index (χ1v) is 10.0. The van der Waals surface area contributed by atoms with Gasteiger partial charge in [-0.25, -0.2) is 0 Å². The number of nitrogens with one attached hydrogen (secondary N) is 1. The summed E-state index contributed by atoms with van der Waals surface area (Å²) < 4.78 is 5.93. The zero-order valence-corrected chi connectivity index (χ0v) is 17.3. The van der Waals surface area contributed by atoms with Gasteiger partial charge in [-0.2, -0.15) is 0 Å². The largest absolute Gasteiger partial charge is 0.481 e. The van der Waals surface area contributed by atoms with E-state index in [4.69, 9.17) is 4.74 Å². The highest BCUT2D eigenvalue weighted by Crippen LogP contribution is 2.19. The number of carbonyl (C=O) groups excluding carboxylic acids is 1. The molecule has 0 radical (unpaired) electrons. The number of rotatable bonds is 9. The second-order valence-corrected chi connectivity index (χ2v) is 7.63. The summed E-state index contributed by atoms with van der Waals surface area (Å²) in [4.78, 5) is 12.4. The van der Waals surface area contributed by atoms with Gasteiger partial charge in [-0.1, -0.05) is 51.1 Å². The van der Waals surface area contributed by atoms with Crippen molar-refractivity contribution in [3.63, 3.8) is 0 Å². The molecule has 0 saturated heterocycles. The van der Waals surface area contributed by atoms with Crippen LogP contribution in [0.4, 0.5) is 0 Å². The van der Waals surface area contributed by atoms with Crippen LogP contribution in [0.25, 0.3) is 0 Å². The molecule has 2 aromatic rings. The highest BCUT2D eigenvalue weighted by atomic mass is 16.5. The Balaban J connectivity index is 1.79. The Morgan fingerprint density at radius 2 is 1.67 bits per heavy atom. The minimum atomic E-state index is -0.448. The van der Waals surface area contributed by atoms with Gasteiger partial charge < -0.3 is 10.1 Å². The van der Waals surface area contributed by atoms with Gasteiger partial charge in [-0.05, 0) is 73.4 Å². The molecule has 1 atom stereocenters. The molecule has 0 aromatic heterocycles. The highest BCUT2D eigenvalue weighted by Gasteiger charge is 2.18. The summed E-state index contributed by atoms with van der Waals surface area (Å²) in [5, 5.41) is 3.02. The Morgan fingerprint density at radius 1 is 1.04 bits per heavy atom. The van der Waals surface area contributed by atoms with Crippen molar-refractivity contribution in [2.45, 2.75) is 65.9 Å². The Morgan fingerprint density at radius 3 is 2.22 bits per heavy atom. The third kappa shape index (κ3) is 6.74. The lowest BCUT2D eigenvalue weighted by Crippen LogP contribution is -2.38. The van der Waals surface area contributed by atoms with Crippen LogP contribution in [0, 0.1) is 13.8 Å². The SMILES string of the molecule is CC[C@H](Oc1cc(C)cc(C)c1)C(=O)NCCCc1ccc(C(C)C)cc1. The van der Waals surface area contributed by atoms with Gasteiger partial charge >= 0.3 is 0 Å². The van der Waals surface area contributed by atoms with Crippen LogP contribution in [0.2, 0.25) is 0 Å². The average Bonchev–Trinajstić information content (AvgIpc) is 2.62. The second kappa shape index (κ2) is 10.1. The third-order valence-corrected chi connectivity index (χ3v) is 4.72. The first-order chi connectivity index (χ1) is 12.9. The van der Waals surface area contributed by atoms with Crippen LogP contribution in [-0.4, -0.2) is 18.6 Å². The summed E-state index contributed by atoms with van der Waals surface area (Å²) in [5.74, 6) is 1.29. The predicted molar refractivity (Wildman–Crippen MR) is 112 cm³/mol. The van der Waals surface area contributed by atoms with E-state index in [1.54, 1.807) is 0 Å². The van der Waals surface area contributed by atoms with Gasteiger partial charge in [0.2, 0.25) is 0 Å². The summed E-state index contributed by atoms with van der Waals surface area (Å²) in [5.41, 5.74) is 4.96. The van der Waals surface area contributed by atoms with Crippen molar-refractivity contribution in [1.29, 1.82) is 0 Å². The second-order valence-electron chi connectivity index (χ2n) is 7.63. The monoisotopic (exact) mass is 367 g/mol. The van der Waals surface area contributed by atoms with E-state index in [-0.39, 0.29) is 5.91 Å². The number of benzene rings is 2. The third-order valence-electron chi connectivity index (χ3n) is 4.72. The molecule has 1 amide bonds. The molecule has 2 aromatic carbocycles. The molecule has 3 nitrogen and oxygen atoms in total. The van der Waals surface area contributed by atoms with Crippen molar-refractivity contribution >= 4 is 5.91 Å². The maximum Gasteiger partial charge on any atom is 0.261 e. The van der Waals surface area contributed by atoms with Crippen molar-refractivity contribution in [2.75, 3.05) is 6.54 Å². The summed E-state index contributed by atoms with van der Waals surface area (Å²) >= 11 is 0. The quantitative estimate of drug-likeness (QED) is 0.608. The van der Waals surface area contributed by atoms with Crippen LogP contribution in [0.15, 0.2) is 42.5 Å². The van der Waals surface area contributed by atoms with Gasteiger partial charge in [0, 0.05) is 6.54 Å². The van der Waals surface area contributed by atoms with Gasteiger partial charge in [0.25, 0.3) is 5.91 Å². The fourth-order valence-corrected chi connectivity index (χ4v) is 3.17. The Labute approximate surface area is 164 Å². The van der Waals surface area contributed by atoms with E-state index in [0.29, 0.717) is 18.9 Å². The van der Waals surface area contributed by atoms with Gasteiger partial charge in [0.1, 0.15) is 5.75 Å². The minimum absolute atomic E-state index is 0.0354. The number of aryl methyl sites for hydroxylation is 3. The molecule has 3 heteroatoms. The first-order valence-electron chi connectivity index (χ1n) is 10.0. The van der Waals surface area contributed by atoms with E-state index in [2.05, 4.69) is 49.5 Å². The molecule has 0 saturated carbocycles. The molecule has 0 heterocycles. The van der Waals surface area contributed by atoms with Crippen LogP contribution in [-0.2, 0) is 11.2 Å². The molecule has 0 aliphatic carbocycles. The number of carbonyl (C=O) groups is 1. The predicted octanol–water partition coefficient (Wildman–Crippen LogP) is 5.33. The van der Waals surface area contributed by atoms with Crippen molar-refractivity contribution < 1.29 is 9.53 Å². The molecule has 0 aliphatic rings. The Kier molecular flexibility index (Phi) is 7.90. The zero-order chi connectivity index (χ0) is 19.8. The van der Waals surface area contributed by atoms with E-state index in [9.17, 15) is 4.79 Å². The first kappa shape index (κ1) is 21.0. The fraction of sp³-hybridized carbons (Fsp3) is 0.458. The molecule has 0 spiro atoms. The van der Waals surface area contributed by atoms with Crippen LogP contribution in [0.3, 0.4) is 0 Å². The van der Waals surface area contributed by atoms with Crippen LogP contribution in [0.1, 0.15) is 61.8 Å². The Bertz CT molecular complexity index is 714. The van der Waals surface area contributed by atoms with Crippen LogP contribution in [0.5, 0.6) is 5.75 Å². The normalized spacial score (nSPS) is 12.1. The smallest absolute Gasteiger partial charge is 0.261 e. The number of amides is 1. The molecule has 0 bridgehead atoms. The summed E-state index contributed by atoms with van der Waals surface area (Å²) in [6, 6.07) is 14.8. The number of hydrogen-bond acceptors (Lipinski definition) is 2. The lowest BCUT2D eigenvalue weighted by atomic mass is 10.0. The fourth-order valence-electron chi connectivity index (χ4n) is 3.17. The van der Waals surface area contributed by atoms with Crippen molar-refractivity contribution in [2.24, 2.45) is 0 Å². The summed E-state index contributed by atoms with van der Waals surface area (Å²) in [7, 11) is 0. The topological polar surface area (TPSA) is 38.3 Å². The zero-order valence-electron chi connectivity index (χ0n) is 17.3.